The van der Waals surface area contributed by atoms with E-state index in [2.05, 4.69) is 10.0 Å². The van der Waals surface area contributed by atoms with Crippen LogP contribution < -0.4 is 19.5 Å². The van der Waals surface area contributed by atoms with Crippen molar-refractivity contribution in [3.8, 4) is 11.5 Å². The number of amides is 1. The molecule has 0 spiro atoms. The summed E-state index contributed by atoms with van der Waals surface area (Å²) in [7, 11) is -3.47. The molecule has 1 aliphatic rings. The molecular weight excluding hydrogens is 368 g/mol. The van der Waals surface area contributed by atoms with Crippen LogP contribution in [-0.2, 0) is 14.8 Å². The molecule has 0 aromatic heterocycles. The third-order valence-electron chi connectivity index (χ3n) is 4.56. The van der Waals surface area contributed by atoms with E-state index in [1.807, 2.05) is 13.8 Å². The van der Waals surface area contributed by atoms with Crippen molar-refractivity contribution in [3.05, 3.63) is 12.1 Å². The van der Waals surface area contributed by atoms with Crippen LogP contribution in [0.1, 0.15) is 52.9 Å². The predicted octanol–water partition coefficient (Wildman–Crippen LogP) is 3.76. The van der Waals surface area contributed by atoms with Crippen LogP contribution in [0.4, 0.5) is 11.4 Å². The summed E-state index contributed by atoms with van der Waals surface area (Å²) in [6, 6.07) is 3.20. The van der Waals surface area contributed by atoms with Crippen LogP contribution in [0.3, 0.4) is 0 Å². The number of ether oxygens (including phenoxy) is 2. The Hall–Kier alpha value is -1.96. The van der Waals surface area contributed by atoms with Gasteiger partial charge in [0.1, 0.15) is 11.5 Å². The molecule has 1 amide bonds. The molecule has 0 saturated heterocycles. The van der Waals surface area contributed by atoms with E-state index < -0.39 is 10.0 Å². The van der Waals surface area contributed by atoms with Crippen molar-refractivity contribution < 1.29 is 22.7 Å². The standard InChI is InChI=1S/C19H30N2O5S/c1-4-25-17-13-16(21-27(23,24)6-3)18(26-5-2)12-15(17)20-19(22)14-10-8-7-9-11-14/h12-14,21H,4-11H2,1-3H3,(H,20,22). The minimum Gasteiger partial charge on any atom is -0.492 e. The summed E-state index contributed by atoms with van der Waals surface area (Å²) < 4.78 is 37.7. The smallest absolute Gasteiger partial charge is 0.232 e. The van der Waals surface area contributed by atoms with E-state index in [1.165, 1.54) is 6.42 Å². The lowest BCUT2D eigenvalue weighted by Gasteiger charge is -2.22. The number of carbonyl (C=O) groups excluding carboxylic acids is 1. The molecule has 1 aromatic carbocycles. The molecule has 0 heterocycles. The summed E-state index contributed by atoms with van der Waals surface area (Å²) in [5.74, 6) is 0.695. The van der Waals surface area contributed by atoms with E-state index in [4.69, 9.17) is 9.47 Å². The topological polar surface area (TPSA) is 93.7 Å². The Bertz CT molecular complexity index is 743. The summed E-state index contributed by atoms with van der Waals surface area (Å²) >= 11 is 0. The third-order valence-corrected chi connectivity index (χ3v) is 5.85. The monoisotopic (exact) mass is 398 g/mol. The van der Waals surface area contributed by atoms with Gasteiger partial charge < -0.3 is 14.8 Å². The van der Waals surface area contributed by atoms with Gasteiger partial charge in [0.05, 0.1) is 30.3 Å². The normalized spacial score (nSPS) is 15.2. The number of hydrogen-bond acceptors (Lipinski definition) is 5. The van der Waals surface area contributed by atoms with Crippen molar-refractivity contribution in [2.45, 2.75) is 52.9 Å². The molecule has 1 saturated carbocycles. The van der Waals surface area contributed by atoms with Crippen LogP contribution in [0.25, 0.3) is 0 Å². The Balaban J connectivity index is 2.34. The minimum absolute atomic E-state index is 0.00189. The number of anilines is 2. The first kappa shape index (κ1) is 21.3. The molecule has 0 bridgehead atoms. The second-order valence-electron chi connectivity index (χ2n) is 6.54. The highest BCUT2D eigenvalue weighted by Crippen LogP contribution is 2.38. The SMILES string of the molecule is CCOc1cc(NS(=O)(=O)CC)c(OCC)cc1NC(=O)C1CCCCC1. The van der Waals surface area contributed by atoms with E-state index >= 15 is 0 Å². The van der Waals surface area contributed by atoms with Gasteiger partial charge in [0, 0.05) is 18.1 Å². The van der Waals surface area contributed by atoms with Gasteiger partial charge in [0.15, 0.2) is 0 Å². The number of hydrogen-bond donors (Lipinski definition) is 2. The summed E-state index contributed by atoms with van der Waals surface area (Å²) in [6.45, 7) is 5.96. The number of sulfonamides is 1. The average Bonchev–Trinajstić information content (AvgIpc) is 2.66. The number of rotatable bonds is 9. The molecule has 2 rings (SSSR count). The van der Waals surface area contributed by atoms with E-state index in [1.54, 1.807) is 19.1 Å². The molecule has 0 unspecified atom stereocenters. The zero-order valence-electron chi connectivity index (χ0n) is 16.3. The van der Waals surface area contributed by atoms with Gasteiger partial charge in [0.2, 0.25) is 15.9 Å². The number of benzene rings is 1. The maximum absolute atomic E-state index is 12.6. The van der Waals surface area contributed by atoms with Gasteiger partial charge in [-0.1, -0.05) is 19.3 Å². The molecule has 2 N–H and O–H groups in total. The van der Waals surface area contributed by atoms with Crippen molar-refractivity contribution in [2.75, 3.05) is 29.0 Å². The predicted molar refractivity (Wildman–Crippen MR) is 107 cm³/mol. The van der Waals surface area contributed by atoms with Crippen molar-refractivity contribution >= 4 is 27.3 Å². The average molecular weight is 399 g/mol. The van der Waals surface area contributed by atoms with Gasteiger partial charge in [-0.2, -0.15) is 0 Å². The Morgan fingerprint density at radius 1 is 1.00 bits per heavy atom. The molecule has 0 radical (unpaired) electrons. The van der Waals surface area contributed by atoms with Gasteiger partial charge in [-0.05, 0) is 33.6 Å². The van der Waals surface area contributed by atoms with Crippen LogP contribution in [0.15, 0.2) is 12.1 Å². The zero-order valence-corrected chi connectivity index (χ0v) is 17.2. The van der Waals surface area contributed by atoms with Gasteiger partial charge in [-0.25, -0.2) is 8.42 Å². The molecule has 7 nitrogen and oxygen atoms in total. The second-order valence-corrected chi connectivity index (χ2v) is 8.55. The molecule has 1 aromatic rings. The maximum Gasteiger partial charge on any atom is 0.232 e. The van der Waals surface area contributed by atoms with E-state index in [0.717, 1.165) is 25.7 Å². The Morgan fingerprint density at radius 3 is 2.11 bits per heavy atom. The first-order valence-corrected chi connectivity index (χ1v) is 11.3. The largest absolute Gasteiger partial charge is 0.492 e. The number of carbonyl (C=O) groups is 1. The molecule has 152 valence electrons. The highest BCUT2D eigenvalue weighted by molar-refractivity contribution is 7.92. The highest BCUT2D eigenvalue weighted by Gasteiger charge is 2.23. The van der Waals surface area contributed by atoms with Crippen LogP contribution in [0.2, 0.25) is 0 Å². The molecule has 0 aliphatic heterocycles. The Labute approximate surface area is 161 Å². The zero-order chi connectivity index (χ0) is 19.9. The molecule has 0 atom stereocenters. The Kier molecular flexibility index (Phi) is 7.77. The van der Waals surface area contributed by atoms with Gasteiger partial charge in [-0.3, -0.25) is 9.52 Å². The quantitative estimate of drug-likeness (QED) is 0.660. The minimum atomic E-state index is -3.47. The fraction of sp³-hybridized carbons (Fsp3) is 0.632. The first-order chi connectivity index (χ1) is 12.9. The van der Waals surface area contributed by atoms with Crippen molar-refractivity contribution in [1.29, 1.82) is 0 Å². The highest BCUT2D eigenvalue weighted by atomic mass is 32.2. The lowest BCUT2D eigenvalue weighted by Crippen LogP contribution is -2.25. The molecule has 8 heteroatoms. The van der Waals surface area contributed by atoms with Gasteiger partial charge >= 0.3 is 0 Å². The second kappa shape index (κ2) is 9.82. The summed E-state index contributed by atoms with van der Waals surface area (Å²) in [5.41, 5.74) is 0.799. The van der Waals surface area contributed by atoms with Crippen LogP contribution in [0.5, 0.6) is 11.5 Å². The lowest BCUT2D eigenvalue weighted by molar-refractivity contribution is -0.120. The van der Waals surface area contributed by atoms with Crippen molar-refractivity contribution in [2.24, 2.45) is 5.92 Å². The summed E-state index contributed by atoms with van der Waals surface area (Å²) in [5, 5.41) is 2.95. The van der Waals surface area contributed by atoms with Crippen LogP contribution in [0, 0.1) is 5.92 Å². The molecular formula is C19H30N2O5S. The van der Waals surface area contributed by atoms with Crippen molar-refractivity contribution in [1.82, 2.24) is 0 Å². The van der Waals surface area contributed by atoms with E-state index in [9.17, 15) is 13.2 Å². The van der Waals surface area contributed by atoms with Crippen molar-refractivity contribution in [3.63, 3.8) is 0 Å². The van der Waals surface area contributed by atoms with Gasteiger partial charge in [0.25, 0.3) is 0 Å². The molecule has 1 fully saturated rings. The maximum atomic E-state index is 12.6. The van der Waals surface area contributed by atoms with Crippen LogP contribution in [-0.4, -0.2) is 33.3 Å². The number of nitrogens with one attached hydrogen (secondary N) is 2. The summed E-state index contributed by atoms with van der Waals surface area (Å²) in [4.78, 5) is 12.6. The third kappa shape index (κ3) is 6.02. The fourth-order valence-electron chi connectivity index (χ4n) is 3.13. The lowest BCUT2D eigenvalue weighted by atomic mass is 9.88. The first-order valence-electron chi connectivity index (χ1n) is 9.65. The molecule has 1 aliphatic carbocycles. The van der Waals surface area contributed by atoms with Crippen LogP contribution >= 0.6 is 0 Å². The molecule has 27 heavy (non-hydrogen) atoms. The summed E-state index contributed by atoms with van der Waals surface area (Å²) in [6.07, 6.45) is 5.09. The van der Waals surface area contributed by atoms with Gasteiger partial charge in [-0.15, -0.1) is 0 Å². The van der Waals surface area contributed by atoms with E-state index in [-0.39, 0.29) is 17.6 Å². The fourth-order valence-corrected chi connectivity index (χ4v) is 3.77. The Morgan fingerprint density at radius 2 is 1.56 bits per heavy atom. The van der Waals surface area contributed by atoms with E-state index in [0.29, 0.717) is 36.1 Å².